The average Bonchev–Trinajstić information content (AvgIpc) is 3.06. The Hall–Kier alpha value is -4.40. The van der Waals surface area contributed by atoms with Crippen LogP contribution in [-0.2, 0) is 33.9 Å². The lowest BCUT2D eigenvalue weighted by molar-refractivity contribution is -0.177. The number of hydrogen-bond donors (Lipinski definition) is 1. The molecular formula is C36H43N3O6. The molecule has 2 aromatic carbocycles. The smallest absolute Gasteiger partial charge is 0.327 e. The van der Waals surface area contributed by atoms with Crippen LogP contribution >= 0.6 is 0 Å². The normalized spacial score (nSPS) is 19.0. The van der Waals surface area contributed by atoms with Crippen LogP contribution in [0.4, 0.5) is 5.82 Å². The largest absolute Gasteiger partial charge is 0.497 e. The second-order valence-electron chi connectivity index (χ2n) is 12.3. The lowest BCUT2D eigenvalue weighted by atomic mass is 9.78. The van der Waals surface area contributed by atoms with E-state index in [4.69, 9.17) is 9.47 Å². The number of rotatable bonds is 13. The van der Waals surface area contributed by atoms with Crippen LogP contribution in [0, 0.1) is 17.8 Å². The van der Waals surface area contributed by atoms with Gasteiger partial charge >= 0.3 is 5.97 Å². The molecule has 45 heavy (non-hydrogen) atoms. The SMILES string of the molecule is COc1ccc(CN(Cc2ccc(OC)cc2)c2cc(C[C@H]3C(=O)N(C(=O)C[C@H](C)C4CCCCC4)[C@@H]3C(=O)O)ccn2)cc1. The summed E-state index contributed by atoms with van der Waals surface area (Å²) in [5, 5.41) is 10.1. The summed E-state index contributed by atoms with van der Waals surface area (Å²) in [6.07, 6.45) is 7.84. The number of hydrogen-bond acceptors (Lipinski definition) is 7. The van der Waals surface area contributed by atoms with Crippen LogP contribution in [0.15, 0.2) is 66.9 Å². The first kappa shape index (κ1) is 32.0. The van der Waals surface area contributed by atoms with Crippen molar-refractivity contribution in [2.45, 2.75) is 71.0 Å². The number of carboxylic acids is 1. The van der Waals surface area contributed by atoms with Crippen molar-refractivity contribution in [2.24, 2.45) is 17.8 Å². The van der Waals surface area contributed by atoms with Crippen LogP contribution in [0.5, 0.6) is 11.5 Å². The highest BCUT2D eigenvalue weighted by Gasteiger charge is 2.54. The number of carbonyl (C=O) groups is 3. The summed E-state index contributed by atoms with van der Waals surface area (Å²) in [6, 6.07) is 18.3. The molecule has 238 valence electrons. The molecule has 0 radical (unpaired) electrons. The highest BCUT2D eigenvalue weighted by atomic mass is 16.5. The minimum Gasteiger partial charge on any atom is -0.497 e. The van der Waals surface area contributed by atoms with Gasteiger partial charge in [0.25, 0.3) is 0 Å². The molecule has 1 saturated carbocycles. The number of imide groups is 1. The third-order valence-corrected chi connectivity index (χ3v) is 9.34. The number of carboxylic acid groups (broad SMARTS) is 1. The van der Waals surface area contributed by atoms with Crippen molar-refractivity contribution in [3.63, 3.8) is 0 Å². The molecule has 2 heterocycles. The number of nitrogens with zero attached hydrogens (tertiary/aromatic N) is 3. The molecule has 2 fully saturated rings. The minimum absolute atomic E-state index is 0.129. The van der Waals surface area contributed by atoms with Crippen LogP contribution < -0.4 is 14.4 Å². The number of aliphatic carboxylic acids is 1. The Labute approximate surface area is 265 Å². The van der Waals surface area contributed by atoms with Gasteiger partial charge in [0.15, 0.2) is 0 Å². The topological polar surface area (TPSA) is 109 Å². The van der Waals surface area contributed by atoms with Gasteiger partial charge in [-0.05, 0) is 71.3 Å². The molecule has 9 heteroatoms. The zero-order chi connectivity index (χ0) is 31.9. The molecule has 5 rings (SSSR count). The number of aromatic nitrogens is 1. The molecule has 0 bridgehead atoms. The first-order valence-electron chi connectivity index (χ1n) is 15.8. The van der Waals surface area contributed by atoms with Gasteiger partial charge in [-0.2, -0.15) is 0 Å². The number of β-lactam (4-membered cyclic amide) rings is 1. The van der Waals surface area contributed by atoms with Crippen LogP contribution in [0.1, 0.15) is 62.1 Å². The van der Waals surface area contributed by atoms with Crippen molar-refractivity contribution < 1.29 is 29.0 Å². The van der Waals surface area contributed by atoms with E-state index in [1.165, 1.54) is 6.42 Å². The minimum atomic E-state index is -1.16. The Morgan fingerprint density at radius 3 is 2.02 bits per heavy atom. The van der Waals surface area contributed by atoms with Crippen molar-refractivity contribution in [1.82, 2.24) is 9.88 Å². The van der Waals surface area contributed by atoms with E-state index in [1.54, 1.807) is 20.4 Å². The number of benzene rings is 2. The van der Waals surface area contributed by atoms with E-state index < -0.39 is 23.8 Å². The Bertz CT molecular complexity index is 1420. The summed E-state index contributed by atoms with van der Waals surface area (Å²) in [5.41, 5.74) is 2.92. The Morgan fingerprint density at radius 1 is 0.911 bits per heavy atom. The lowest BCUT2D eigenvalue weighted by Crippen LogP contribution is -2.67. The molecule has 1 saturated heterocycles. The maximum absolute atomic E-state index is 13.3. The van der Waals surface area contributed by atoms with E-state index in [0.717, 1.165) is 58.8 Å². The molecule has 1 aromatic heterocycles. The van der Waals surface area contributed by atoms with Gasteiger partial charge < -0.3 is 19.5 Å². The van der Waals surface area contributed by atoms with Gasteiger partial charge in [-0.1, -0.05) is 63.3 Å². The molecule has 3 aromatic rings. The zero-order valence-corrected chi connectivity index (χ0v) is 26.4. The quantitative estimate of drug-likeness (QED) is 0.238. The Morgan fingerprint density at radius 2 is 1.49 bits per heavy atom. The van der Waals surface area contributed by atoms with E-state index in [1.807, 2.05) is 67.6 Å². The van der Waals surface area contributed by atoms with E-state index in [2.05, 4.69) is 9.88 Å². The maximum Gasteiger partial charge on any atom is 0.327 e. The fourth-order valence-corrected chi connectivity index (χ4v) is 6.69. The monoisotopic (exact) mass is 613 g/mol. The van der Waals surface area contributed by atoms with E-state index in [-0.39, 0.29) is 24.7 Å². The van der Waals surface area contributed by atoms with Gasteiger partial charge in [-0.3, -0.25) is 14.5 Å². The first-order valence-corrected chi connectivity index (χ1v) is 15.8. The molecule has 9 nitrogen and oxygen atoms in total. The fourth-order valence-electron chi connectivity index (χ4n) is 6.69. The molecular weight excluding hydrogens is 570 g/mol. The molecule has 2 aliphatic rings. The summed E-state index contributed by atoms with van der Waals surface area (Å²) in [4.78, 5) is 46.6. The summed E-state index contributed by atoms with van der Waals surface area (Å²) < 4.78 is 10.6. The summed E-state index contributed by atoms with van der Waals surface area (Å²) >= 11 is 0. The predicted octanol–water partition coefficient (Wildman–Crippen LogP) is 5.89. The number of likely N-dealkylation sites (tertiary alicyclic amines) is 1. The fraction of sp³-hybridized carbons (Fsp3) is 0.444. The third kappa shape index (κ3) is 7.64. The van der Waals surface area contributed by atoms with Gasteiger partial charge in [0.2, 0.25) is 11.8 Å². The molecule has 1 N–H and O–H groups in total. The Balaban J connectivity index is 1.32. The predicted molar refractivity (Wildman–Crippen MR) is 171 cm³/mol. The Kier molecular flexibility index (Phi) is 10.4. The zero-order valence-electron chi connectivity index (χ0n) is 26.4. The molecule has 0 spiro atoms. The number of carbonyl (C=O) groups excluding carboxylic acids is 2. The number of amides is 2. The van der Waals surface area contributed by atoms with E-state index in [9.17, 15) is 19.5 Å². The van der Waals surface area contributed by atoms with Crippen molar-refractivity contribution in [3.05, 3.63) is 83.6 Å². The van der Waals surface area contributed by atoms with Crippen LogP contribution in [0.25, 0.3) is 0 Å². The van der Waals surface area contributed by atoms with Crippen LogP contribution in [-0.4, -0.2) is 53.0 Å². The molecule has 2 amide bonds. The van der Waals surface area contributed by atoms with E-state index in [0.29, 0.717) is 24.8 Å². The second-order valence-corrected chi connectivity index (χ2v) is 12.3. The first-order chi connectivity index (χ1) is 21.8. The number of pyridine rings is 1. The summed E-state index contributed by atoms with van der Waals surface area (Å²) in [5.74, 6) is 0.0987. The highest BCUT2D eigenvalue weighted by Crippen LogP contribution is 2.36. The van der Waals surface area contributed by atoms with Crippen molar-refractivity contribution in [2.75, 3.05) is 19.1 Å². The van der Waals surface area contributed by atoms with Gasteiger partial charge in [0, 0.05) is 25.7 Å². The molecule has 0 unspecified atom stereocenters. The maximum atomic E-state index is 13.3. The van der Waals surface area contributed by atoms with Gasteiger partial charge in [-0.15, -0.1) is 0 Å². The van der Waals surface area contributed by atoms with Crippen molar-refractivity contribution in [3.8, 4) is 11.5 Å². The lowest BCUT2D eigenvalue weighted by Gasteiger charge is -2.44. The van der Waals surface area contributed by atoms with Gasteiger partial charge in [0.1, 0.15) is 23.4 Å². The average molecular weight is 614 g/mol. The van der Waals surface area contributed by atoms with Crippen LogP contribution in [0.2, 0.25) is 0 Å². The molecule has 1 aliphatic heterocycles. The third-order valence-electron chi connectivity index (χ3n) is 9.34. The second kappa shape index (κ2) is 14.6. The van der Waals surface area contributed by atoms with Crippen LogP contribution in [0.3, 0.4) is 0 Å². The number of ether oxygens (including phenoxy) is 2. The highest BCUT2D eigenvalue weighted by molar-refractivity contribution is 6.08. The van der Waals surface area contributed by atoms with Crippen molar-refractivity contribution in [1.29, 1.82) is 0 Å². The van der Waals surface area contributed by atoms with E-state index >= 15 is 0 Å². The summed E-state index contributed by atoms with van der Waals surface area (Å²) in [7, 11) is 3.27. The number of methoxy groups -OCH3 is 2. The number of anilines is 1. The van der Waals surface area contributed by atoms with Gasteiger partial charge in [0.05, 0.1) is 20.1 Å². The summed E-state index contributed by atoms with van der Waals surface area (Å²) in [6.45, 7) is 3.18. The van der Waals surface area contributed by atoms with Gasteiger partial charge in [-0.25, -0.2) is 9.78 Å². The van der Waals surface area contributed by atoms with Crippen molar-refractivity contribution >= 4 is 23.6 Å². The molecule has 1 aliphatic carbocycles. The molecule has 3 atom stereocenters. The standard InChI is InChI=1S/C36H43N3O6/c1-24(28-7-5-4-6-8-28)19-33(40)39-34(36(42)43)31(35(39)41)20-27-17-18-37-32(21-27)38(22-25-9-13-29(44-2)14-10-25)23-26-11-15-30(45-3)16-12-26/h9-18,21,24,28,31,34H,4-8,19-20,22-23H2,1-3H3,(H,42,43)/t24-,31+,34-/m0/s1.